The first-order valence-electron chi connectivity index (χ1n) is 7.51. The normalized spacial score (nSPS) is 12.5. The molecule has 0 radical (unpaired) electrons. The number of nitro groups is 1. The van der Waals surface area contributed by atoms with Crippen LogP contribution in [0.15, 0.2) is 47.4 Å². The van der Waals surface area contributed by atoms with Crippen molar-refractivity contribution in [2.75, 3.05) is 6.54 Å². The number of nitro benzene ring substituents is 1. The van der Waals surface area contributed by atoms with Crippen molar-refractivity contribution in [3.8, 4) is 0 Å². The predicted molar refractivity (Wildman–Crippen MR) is 94.5 cm³/mol. The lowest BCUT2D eigenvalue weighted by atomic mass is 10.00. The fourth-order valence-electron chi connectivity index (χ4n) is 2.34. The van der Waals surface area contributed by atoms with Crippen molar-refractivity contribution in [3.63, 3.8) is 0 Å². The zero-order chi connectivity index (χ0) is 20.2. The van der Waals surface area contributed by atoms with Crippen molar-refractivity contribution in [2.24, 2.45) is 5.92 Å². The van der Waals surface area contributed by atoms with Gasteiger partial charge >= 0.3 is 5.97 Å². The second-order valence-corrected chi connectivity index (χ2v) is 7.70. The molecule has 1 atom stereocenters. The number of halogens is 2. The van der Waals surface area contributed by atoms with Crippen LogP contribution in [-0.2, 0) is 21.2 Å². The Labute approximate surface area is 158 Å². The molecule has 11 heteroatoms. The Morgan fingerprint density at radius 1 is 1.26 bits per heavy atom. The van der Waals surface area contributed by atoms with Gasteiger partial charge in [-0.15, -0.1) is 0 Å². The van der Waals surface area contributed by atoms with Crippen LogP contribution < -0.4 is 4.72 Å². The third-order valence-corrected chi connectivity index (χ3v) is 5.42. The van der Waals surface area contributed by atoms with Crippen LogP contribution in [0.4, 0.5) is 10.1 Å². The van der Waals surface area contributed by atoms with Crippen LogP contribution in [0.25, 0.3) is 0 Å². The molecule has 0 heterocycles. The van der Waals surface area contributed by atoms with Gasteiger partial charge in [0.05, 0.1) is 10.8 Å². The molecule has 0 fully saturated rings. The van der Waals surface area contributed by atoms with E-state index in [0.717, 1.165) is 18.2 Å². The maximum Gasteiger partial charge on any atom is 0.308 e. The number of benzene rings is 2. The van der Waals surface area contributed by atoms with Crippen molar-refractivity contribution < 1.29 is 27.6 Å². The fourth-order valence-corrected chi connectivity index (χ4v) is 3.78. The quantitative estimate of drug-likeness (QED) is 0.503. The molecule has 2 aromatic rings. The molecular weight excluding hydrogens is 403 g/mol. The molecule has 0 aliphatic rings. The van der Waals surface area contributed by atoms with Gasteiger partial charge in [-0.3, -0.25) is 14.9 Å². The summed E-state index contributed by atoms with van der Waals surface area (Å²) in [5.41, 5.74) is -0.338. The molecule has 0 aliphatic carbocycles. The van der Waals surface area contributed by atoms with Crippen molar-refractivity contribution in [3.05, 3.63) is 69.0 Å². The largest absolute Gasteiger partial charge is 0.481 e. The van der Waals surface area contributed by atoms with Crippen LogP contribution in [0.2, 0.25) is 5.02 Å². The highest BCUT2D eigenvalue weighted by molar-refractivity contribution is 7.89. The van der Waals surface area contributed by atoms with Gasteiger partial charge in [0.25, 0.3) is 5.69 Å². The summed E-state index contributed by atoms with van der Waals surface area (Å²) in [6.45, 7) is -0.578. The van der Waals surface area contributed by atoms with Gasteiger partial charge in [-0.2, -0.15) is 0 Å². The highest BCUT2D eigenvalue weighted by Crippen LogP contribution is 2.26. The summed E-state index contributed by atoms with van der Waals surface area (Å²) in [6.07, 6.45) is -0.0195. The summed E-state index contributed by atoms with van der Waals surface area (Å²) >= 11 is 5.76. The van der Waals surface area contributed by atoms with E-state index in [1.807, 2.05) is 4.72 Å². The van der Waals surface area contributed by atoms with Crippen LogP contribution in [-0.4, -0.2) is 31.0 Å². The molecule has 2 aromatic carbocycles. The lowest BCUT2D eigenvalue weighted by Gasteiger charge is -2.14. The maximum atomic E-state index is 13.9. The molecule has 144 valence electrons. The van der Waals surface area contributed by atoms with E-state index in [1.165, 1.54) is 0 Å². The second kappa shape index (κ2) is 8.42. The molecule has 27 heavy (non-hydrogen) atoms. The Morgan fingerprint density at radius 2 is 1.89 bits per heavy atom. The van der Waals surface area contributed by atoms with E-state index >= 15 is 0 Å². The summed E-state index contributed by atoms with van der Waals surface area (Å²) < 4.78 is 40.5. The molecule has 0 aliphatic heterocycles. The molecule has 0 aromatic heterocycles. The third-order valence-electron chi connectivity index (χ3n) is 3.68. The summed E-state index contributed by atoms with van der Waals surface area (Å²) in [5, 5.41) is 20.7. The van der Waals surface area contributed by atoms with Gasteiger partial charge in [0.2, 0.25) is 10.0 Å². The van der Waals surface area contributed by atoms with Crippen molar-refractivity contribution in [2.45, 2.75) is 11.3 Å². The number of sulfonamides is 1. The second-order valence-electron chi connectivity index (χ2n) is 5.56. The Hall–Kier alpha value is -2.56. The van der Waals surface area contributed by atoms with E-state index in [-0.39, 0.29) is 6.42 Å². The average Bonchev–Trinajstić information content (AvgIpc) is 2.59. The van der Waals surface area contributed by atoms with Crippen molar-refractivity contribution >= 4 is 33.3 Å². The van der Waals surface area contributed by atoms with Gasteiger partial charge in [0.1, 0.15) is 5.82 Å². The summed E-state index contributed by atoms with van der Waals surface area (Å²) in [5.74, 6) is -3.76. The molecule has 2 N–H and O–H groups in total. The topological polar surface area (TPSA) is 127 Å². The summed E-state index contributed by atoms with van der Waals surface area (Å²) in [6, 6.07) is 8.92. The third kappa shape index (κ3) is 5.22. The number of carboxylic acid groups (broad SMARTS) is 1. The van der Waals surface area contributed by atoms with Gasteiger partial charge in [0.15, 0.2) is 4.90 Å². The van der Waals surface area contributed by atoms with E-state index in [4.69, 9.17) is 11.6 Å². The molecule has 8 nitrogen and oxygen atoms in total. The summed E-state index contributed by atoms with van der Waals surface area (Å²) in [4.78, 5) is 20.2. The minimum Gasteiger partial charge on any atom is -0.481 e. The number of hydrogen-bond acceptors (Lipinski definition) is 5. The van der Waals surface area contributed by atoms with Crippen LogP contribution in [0.1, 0.15) is 5.56 Å². The predicted octanol–water partition coefficient (Wildman–Crippen LogP) is 2.61. The molecule has 1 unspecified atom stereocenters. The fraction of sp³-hybridized carbons (Fsp3) is 0.188. The summed E-state index contributed by atoms with van der Waals surface area (Å²) in [7, 11) is -4.65. The zero-order valence-corrected chi connectivity index (χ0v) is 15.2. The minimum absolute atomic E-state index is 0.0195. The molecule has 2 rings (SSSR count). The lowest BCUT2D eigenvalue weighted by Crippen LogP contribution is -2.34. The number of nitrogens with one attached hydrogen (secondary N) is 1. The van der Waals surface area contributed by atoms with Crippen LogP contribution >= 0.6 is 11.6 Å². The van der Waals surface area contributed by atoms with E-state index < -0.39 is 49.8 Å². The number of hydrogen-bond donors (Lipinski definition) is 2. The van der Waals surface area contributed by atoms with Crippen LogP contribution in [0.5, 0.6) is 0 Å². The minimum atomic E-state index is -4.65. The van der Waals surface area contributed by atoms with Gasteiger partial charge in [0, 0.05) is 17.6 Å². The molecule has 0 bridgehead atoms. The molecular formula is C16H14ClFN2O6S. The van der Waals surface area contributed by atoms with Crippen molar-refractivity contribution in [1.82, 2.24) is 4.72 Å². The van der Waals surface area contributed by atoms with Gasteiger partial charge in [-0.1, -0.05) is 29.8 Å². The first kappa shape index (κ1) is 20.7. The highest BCUT2D eigenvalue weighted by Gasteiger charge is 2.31. The first-order chi connectivity index (χ1) is 12.6. The smallest absolute Gasteiger partial charge is 0.308 e. The van der Waals surface area contributed by atoms with Crippen molar-refractivity contribution in [1.29, 1.82) is 0 Å². The number of carboxylic acids is 1. The Kier molecular flexibility index (Phi) is 6.47. The van der Waals surface area contributed by atoms with Gasteiger partial charge < -0.3 is 5.11 Å². The highest BCUT2D eigenvalue weighted by atomic mass is 35.5. The Bertz CT molecular complexity index is 965. The molecule has 0 amide bonds. The lowest BCUT2D eigenvalue weighted by molar-refractivity contribution is -0.388. The molecule has 0 saturated heterocycles. The van der Waals surface area contributed by atoms with E-state index in [1.54, 1.807) is 24.3 Å². The SMILES string of the molecule is O=C(O)C(CNS(=O)(=O)c1c(F)cccc1[N+](=O)[O-])Cc1ccc(Cl)cc1. The number of aliphatic carboxylic acids is 1. The van der Waals surface area contributed by atoms with Gasteiger partial charge in [-0.05, 0) is 30.2 Å². The molecule has 0 spiro atoms. The van der Waals surface area contributed by atoms with E-state index in [9.17, 15) is 32.8 Å². The molecule has 0 saturated carbocycles. The Balaban J connectivity index is 2.23. The number of nitrogens with zero attached hydrogens (tertiary/aromatic N) is 1. The zero-order valence-electron chi connectivity index (χ0n) is 13.6. The average molecular weight is 417 g/mol. The maximum absolute atomic E-state index is 13.9. The number of rotatable bonds is 8. The Morgan fingerprint density at radius 3 is 2.44 bits per heavy atom. The van der Waals surface area contributed by atoms with Gasteiger partial charge in [-0.25, -0.2) is 17.5 Å². The monoisotopic (exact) mass is 416 g/mol. The van der Waals surface area contributed by atoms with Crippen LogP contribution in [0, 0.1) is 21.8 Å². The first-order valence-corrected chi connectivity index (χ1v) is 9.37. The van der Waals surface area contributed by atoms with E-state index in [2.05, 4.69) is 0 Å². The van der Waals surface area contributed by atoms with E-state index in [0.29, 0.717) is 10.6 Å². The van der Waals surface area contributed by atoms with Crippen LogP contribution in [0.3, 0.4) is 0 Å². The standard InChI is InChI=1S/C16H14ClFN2O6S/c17-12-6-4-10(5-7-12)8-11(16(21)22)9-19-27(25,26)15-13(18)2-1-3-14(15)20(23)24/h1-7,11,19H,8-9H2,(H,21,22). The number of carbonyl (C=O) groups is 1.